The molecule has 3 unspecified atom stereocenters. The van der Waals surface area contributed by atoms with Crippen LogP contribution in [0.1, 0.15) is 19.4 Å². The van der Waals surface area contributed by atoms with Gasteiger partial charge in [0.2, 0.25) is 11.8 Å². The molecule has 3 amide bonds. The zero-order valence-electron chi connectivity index (χ0n) is 14.3. The summed E-state index contributed by atoms with van der Waals surface area (Å²) >= 11 is 1.51. The maximum absolute atomic E-state index is 12.5. The van der Waals surface area contributed by atoms with Crippen molar-refractivity contribution in [1.82, 2.24) is 15.7 Å². The van der Waals surface area contributed by atoms with E-state index in [0.29, 0.717) is 0 Å². The van der Waals surface area contributed by atoms with Gasteiger partial charge in [0.25, 0.3) is 5.91 Å². The molecule has 2 N–H and O–H groups in total. The molecule has 1 aromatic rings. The van der Waals surface area contributed by atoms with Gasteiger partial charge in [-0.25, -0.2) is 5.48 Å². The van der Waals surface area contributed by atoms with Gasteiger partial charge in [-0.15, -0.1) is 11.8 Å². The minimum absolute atomic E-state index is 0.201. The van der Waals surface area contributed by atoms with Gasteiger partial charge in [0.15, 0.2) is 0 Å². The van der Waals surface area contributed by atoms with Crippen molar-refractivity contribution >= 4 is 29.5 Å². The summed E-state index contributed by atoms with van der Waals surface area (Å²) < 4.78 is -0.470. The first-order valence-corrected chi connectivity index (χ1v) is 8.89. The lowest BCUT2D eigenvalue weighted by molar-refractivity contribution is -0.158. The van der Waals surface area contributed by atoms with E-state index >= 15 is 0 Å². The van der Waals surface area contributed by atoms with Crippen molar-refractivity contribution in [3.05, 3.63) is 35.9 Å². The lowest BCUT2D eigenvalue weighted by atomic mass is 9.95. The second-order valence-corrected chi connectivity index (χ2v) is 8.41. The molecule has 2 aliphatic heterocycles. The first-order valence-electron chi connectivity index (χ1n) is 8.01. The van der Waals surface area contributed by atoms with Crippen LogP contribution in [0.2, 0.25) is 0 Å². The molecule has 0 saturated carbocycles. The van der Waals surface area contributed by atoms with Crippen molar-refractivity contribution in [3.63, 3.8) is 0 Å². The van der Waals surface area contributed by atoms with Crippen molar-refractivity contribution in [3.8, 4) is 0 Å². The van der Waals surface area contributed by atoms with Crippen molar-refractivity contribution in [2.45, 2.75) is 42.5 Å². The predicted molar refractivity (Wildman–Crippen MR) is 93.3 cm³/mol. The molecule has 0 aliphatic carbocycles. The van der Waals surface area contributed by atoms with Crippen LogP contribution >= 0.6 is 11.8 Å². The maximum Gasteiger partial charge on any atom is 0.267 e. The summed E-state index contributed by atoms with van der Waals surface area (Å²) in [6.45, 7) is 3.82. The molecule has 2 fully saturated rings. The number of amides is 3. The SMILES string of the molecule is CONC(=O)C1N2C(=O)C(NC(=O)Cc3ccccc3)C2SC1(C)C. The third-order valence-corrected chi connectivity index (χ3v) is 5.99. The summed E-state index contributed by atoms with van der Waals surface area (Å²) in [5.41, 5.74) is 3.19. The van der Waals surface area contributed by atoms with Crippen molar-refractivity contribution in [2.75, 3.05) is 7.11 Å². The van der Waals surface area contributed by atoms with E-state index in [1.54, 1.807) is 0 Å². The zero-order valence-corrected chi connectivity index (χ0v) is 15.1. The fourth-order valence-electron chi connectivity index (χ4n) is 3.33. The highest BCUT2D eigenvalue weighted by Gasteiger charge is 2.63. The number of nitrogens with one attached hydrogen (secondary N) is 2. The number of carbonyl (C=O) groups is 3. The van der Waals surface area contributed by atoms with Gasteiger partial charge in [0.05, 0.1) is 13.5 Å². The molecule has 25 heavy (non-hydrogen) atoms. The molecule has 2 saturated heterocycles. The minimum Gasteiger partial charge on any atom is -0.341 e. The van der Waals surface area contributed by atoms with E-state index in [1.165, 1.54) is 23.8 Å². The van der Waals surface area contributed by atoms with E-state index in [0.717, 1.165) is 5.56 Å². The molecule has 8 heteroatoms. The third kappa shape index (κ3) is 3.23. The second-order valence-electron chi connectivity index (χ2n) is 6.64. The monoisotopic (exact) mass is 363 g/mol. The number of nitrogens with zero attached hydrogens (tertiary/aromatic N) is 1. The van der Waals surface area contributed by atoms with Gasteiger partial charge < -0.3 is 10.2 Å². The maximum atomic E-state index is 12.5. The van der Waals surface area contributed by atoms with Crippen LogP contribution in [-0.2, 0) is 25.6 Å². The highest BCUT2D eigenvalue weighted by atomic mass is 32.2. The third-order valence-electron chi connectivity index (χ3n) is 4.42. The van der Waals surface area contributed by atoms with Gasteiger partial charge in [-0.1, -0.05) is 30.3 Å². The van der Waals surface area contributed by atoms with Crippen LogP contribution in [0, 0.1) is 0 Å². The van der Waals surface area contributed by atoms with E-state index in [9.17, 15) is 14.4 Å². The average molecular weight is 363 g/mol. The summed E-state index contributed by atoms with van der Waals surface area (Å²) in [5.74, 6) is -0.793. The number of fused-ring (bicyclic) bond motifs is 1. The van der Waals surface area contributed by atoms with Crippen molar-refractivity contribution < 1.29 is 19.2 Å². The van der Waals surface area contributed by atoms with E-state index in [-0.39, 0.29) is 29.5 Å². The number of thioether (sulfide) groups is 1. The predicted octanol–water partition coefficient (Wildman–Crippen LogP) is 0.454. The number of rotatable bonds is 5. The molecule has 7 nitrogen and oxygen atoms in total. The van der Waals surface area contributed by atoms with Gasteiger partial charge in [-0.05, 0) is 19.4 Å². The summed E-state index contributed by atoms with van der Waals surface area (Å²) in [5, 5.41) is 2.56. The van der Waals surface area contributed by atoms with E-state index in [1.807, 2.05) is 44.2 Å². The quantitative estimate of drug-likeness (QED) is 0.586. The molecule has 0 bridgehead atoms. The van der Waals surface area contributed by atoms with Gasteiger partial charge in [0, 0.05) is 4.75 Å². The Morgan fingerprint density at radius 2 is 1.96 bits per heavy atom. The number of hydroxylamine groups is 1. The summed E-state index contributed by atoms with van der Waals surface area (Å²) in [7, 11) is 1.36. The largest absolute Gasteiger partial charge is 0.341 e. The van der Waals surface area contributed by atoms with Gasteiger partial charge in [-0.2, -0.15) is 0 Å². The van der Waals surface area contributed by atoms with E-state index in [4.69, 9.17) is 4.84 Å². The second kappa shape index (κ2) is 6.68. The fraction of sp³-hybridized carbons (Fsp3) is 0.471. The van der Waals surface area contributed by atoms with Crippen molar-refractivity contribution in [2.24, 2.45) is 0 Å². The highest BCUT2D eigenvalue weighted by Crippen LogP contribution is 2.50. The highest BCUT2D eigenvalue weighted by molar-refractivity contribution is 8.01. The van der Waals surface area contributed by atoms with Crippen LogP contribution in [0.15, 0.2) is 30.3 Å². The Labute approximate surface area is 150 Å². The first kappa shape index (κ1) is 17.8. The topological polar surface area (TPSA) is 87.7 Å². The fourth-order valence-corrected chi connectivity index (χ4v) is 4.96. The molecular formula is C17H21N3O4S. The molecule has 3 atom stereocenters. The Morgan fingerprint density at radius 1 is 1.28 bits per heavy atom. The lowest BCUT2D eigenvalue weighted by Gasteiger charge is -2.44. The summed E-state index contributed by atoms with van der Waals surface area (Å²) in [4.78, 5) is 43.2. The number of benzene rings is 1. The number of β-lactam (4-membered cyclic amide) rings is 1. The molecule has 134 valence electrons. The smallest absolute Gasteiger partial charge is 0.267 e. The van der Waals surface area contributed by atoms with Gasteiger partial charge in [0.1, 0.15) is 17.5 Å². The van der Waals surface area contributed by atoms with Crippen LogP contribution < -0.4 is 10.8 Å². The minimum atomic E-state index is -0.628. The summed E-state index contributed by atoms with van der Waals surface area (Å²) in [6.07, 6.45) is 0.221. The molecule has 1 aromatic carbocycles. The Bertz CT molecular complexity index is 694. The lowest BCUT2D eigenvalue weighted by Crippen LogP contribution is -2.71. The number of hydrogen-bond acceptors (Lipinski definition) is 5. The molecule has 2 heterocycles. The van der Waals surface area contributed by atoms with Gasteiger partial charge >= 0.3 is 0 Å². The van der Waals surface area contributed by atoms with Gasteiger partial charge in [-0.3, -0.25) is 19.2 Å². The van der Waals surface area contributed by atoms with Crippen LogP contribution in [0.3, 0.4) is 0 Å². The molecule has 2 aliphatic rings. The Kier molecular flexibility index (Phi) is 4.75. The standard InChI is InChI=1S/C17H21N3O4S/c1-17(2)13(14(22)19-24-3)20-15(23)12(16(20)25-17)18-11(21)9-10-7-5-4-6-8-10/h4-8,12-13,16H,9H2,1-3H3,(H,18,21)(H,19,22). The van der Waals surface area contributed by atoms with Crippen LogP contribution in [0.4, 0.5) is 0 Å². The van der Waals surface area contributed by atoms with Crippen LogP contribution in [0.25, 0.3) is 0 Å². The molecule has 0 aromatic heterocycles. The van der Waals surface area contributed by atoms with E-state index in [2.05, 4.69) is 10.8 Å². The Morgan fingerprint density at radius 3 is 2.60 bits per heavy atom. The Balaban J connectivity index is 1.66. The zero-order chi connectivity index (χ0) is 18.2. The Hall–Kier alpha value is -2.06. The normalized spacial score (nSPS) is 26.6. The van der Waals surface area contributed by atoms with E-state index < -0.39 is 16.8 Å². The van der Waals surface area contributed by atoms with Crippen molar-refractivity contribution in [1.29, 1.82) is 0 Å². The number of carbonyl (C=O) groups excluding carboxylic acids is 3. The molecule has 0 radical (unpaired) electrons. The summed E-state index contributed by atoms with van der Waals surface area (Å²) in [6, 6.07) is 8.13. The first-order chi connectivity index (χ1) is 11.8. The van der Waals surface area contributed by atoms with Crippen LogP contribution in [0.5, 0.6) is 0 Å². The molecule has 0 spiro atoms. The molecular weight excluding hydrogens is 342 g/mol. The number of hydrogen-bond donors (Lipinski definition) is 2. The van der Waals surface area contributed by atoms with Crippen LogP contribution in [-0.4, -0.2) is 51.9 Å². The molecule has 3 rings (SSSR count). The average Bonchev–Trinajstić information content (AvgIpc) is 2.82.